The van der Waals surface area contributed by atoms with Crippen LogP contribution in [0.1, 0.15) is 43.7 Å². The average Bonchev–Trinajstić information content (AvgIpc) is 2.55. The molecule has 1 atom stereocenters. The van der Waals surface area contributed by atoms with E-state index in [4.69, 9.17) is 0 Å². The lowest BCUT2D eigenvalue weighted by Gasteiger charge is -2.22. The van der Waals surface area contributed by atoms with Crippen LogP contribution in [0.25, 0.3) is 0 Å². The number of benzene rings is 1. The van der Waals surface area contributed by atoms with Gasteiger partial charge in [0.2, 0.25) is 0 Å². The molecule has 1 aliphatic rings. The molecule has 0 bridgehead atoms. The molecule has 0 saturated carbocycles. The minimum absolute atomic E-state index is 0.801. The first kappa shape index (κ1) is 16.8. The lowest BCUT2D eigenvalue weighted by atomic mass is 9.92. The maximum atomic E-state index is 3.87. The Bertz CT molecular complexity index is 470. The third-order valence-electron chi connectivity index (χ3n) is 4.23. The zero-order valence-electron chi connectivity index (χ0n) is 13.8. The van der Waals surface area contributed by atoms with Gasteiger partial charge < -0.3 is 10.6 Å². The zero-order chi connectivity index (χ0) is 15.6. The molecule has 22 heavy (non-hydrogen) atoms. The first-order chi connectivity index (χ1) is 10.8. The maximum Gasteiger partial charge on any atom is 0.0450 e. The number of hydrogen-bond donors (Lipinski definition) is 2. The SMILES string of the molecule is C=N/C=C(/CCC)NCc1ccc(CC2CCCNC2)cc1. The minimum atomic E-state index is 0.801. The molecule has 1 aromatic carbocycles. The van der Waals surface area contributed by atoms with Gasteiger partial charge in [-0.05, 0) is 62.5 Å². The number of aliphatic imine (C=N–C) groups is 1. The molecule has 0 aromatic heterocycles. The Labute approximate surface area is 134 Å². The van der Waals surface area contributed by atoms with Gasteiger partial charge in [0.05, 0.1) is 0 Å². The molecule has 3 nitrogen and oxygen atoms in total. The highest BCUT2D eigenvalue weighted by Gasteiger charge is 2.13. The molecule has 0 aliphatic carbocycles. The van der Waals surface area contributed by atoms with Crippen molar-refractivity contribution in [1.82, 2.24) is 10.6 Å². The van der Waals surface area contributed by atoms with Crippen LogP contribution in [0.3, 0.4) is 0 Å². The van der Waals surface area contributed by atoms with Gasteiger partial charge in [-0.2, -0.15) is 0 Å². The summed E-state index contributed by atoms with van der Waals surface area (Å²) in [4.78, 5) is 3.87. The summed E-state index contributed by atoms with van der Waals surface area (Å²) in [6.07, 6.45) is 7.83. The molecule has 1 saturated heterocycles. The summed E-state index contributed by atoms with van der Waals surface area (Å²) in [5.74, 6) is 0.801. The van der Waals surface area contributed by atoms with E-state index >= 15 is 0 Å². The third-order valence-corrected chi connectivity index (χ3v) is 4.23. The Hall–Kier alpha value is -1.61. The highest BCUT2D eigenvalue weighted by molar-refractivity contribution is 5.27. The van der Waals surface area contributed by atoms with Crippen LogP contribution in [-0.2, 0) is 13.0 Å². The summed E-state index contributed by atoms with van der Waals surface area (Å²) in [7, 11) is 0. The number of hydrogen-bond acceptors (Lipinski definition) is 3. The van der Waals surface area contributed by atoms with Gasteiger partial charge in [0.25, 0.3) is 0 Å². The van der Waals surface area contributed by atoms with E-state index in [0.717, 1.165) is 31.0 Å². The molecule has 1 aromatic rings. The number of rotatable bonds is 8. The standard InChI is InChI=1S/C19H29N3/c1-3-5-19(15-20-2)22-14-17-9-7-16(8-10-17)12-18-6-4-11-21-13-18/h7-10,15,18,21-22H,2-6,11-14H2,1H3/b19-15-. The Morgan fingerprint density at radius 2 is 2.14 bits per heavy atom. The number of allylic oxidation sites excluding steroid dienone is 1. The van der Waals surface area contributed by atoms with Gasteiger partial charge in [-0.25, -0.2) is 0 Å². The van der Waals surface area contributed by atoms with Gasteiger partial charge in [0.1, 0.15) is 0 Å². The summed E-state index contributed by atoms with van der Waals surface area (Å²) in [5, 5.41) is 6.95. The molecule has 0 spiro atoms. The Kier molecular flexibility index (Phi) is 7.17. The van der Waals surface area contributed by atoms with Gasteiger partial charge in [-0.1, -0.05) is 37.6 Å². The molecule has 3 heteroatoms. The quantitative estimate of drug-likeness (QED) is 0.719. The van der Waals surface area contributed by atoms with Gasteiger partial charge in [0.15, 0.2) is 0 Å². The highest BCUT2D eigenvalue weighted by atomic mass is 14.9. The largest absolute Gasteiger partial charge is 0.383 e. The van der Waals surface area contributed by atoms with Crippen LogP contribution in [0, 0.1) is 5.92 Å². The van der Waals surface area contributed by atoms with E-state index in [1.54, 1.807) is 0 Å². The van der Waals surface area contributed by atoms with E-state index in [1.807, 2.05) is 6.20 Å². The predicted octanol–water partition coefficient (Wildman–Crippen LogP) is 3.66. The van der Waals surface area contributed by atoms with Crippen molar-refractivity contribution in [2.24, 2.45) is 10.9 Å². The van der Waals surface area contributed by atoms with Crippen molar-refractivity contribution in [2.45, 2.75) is 45.6 Å². The highest BCUT2D eigenvalue weighted by Crippen LogP contribution is 2.17. The van der Waals surface area contributed by atoms with Crippen molar-refractivity contribution in [3.05, 3.63) is 47.3 Å². The molecular weight excluding hydrogens is 270 g/mol. The Balaban J connectivity index is 1.83. The summed E-state index contributed by atoms with van der Waals surface area (Å²) in [6.45, 7) is 8.92. The second-order valence-corrected chi connectivity index (χ2v) is 6.17. The number of piperidine rings is 1. The van der Waals surface area contributed by atoms with Crippen molar-refractivity contribution in [3.63, 3.8) is 0 Å². The van der Waals surface area contributed by atoms with Crippen LogP contribution in [-0.4, -0.2) is 19.8 Å². The van der Waals surface area contributed by atoms with E-state index < -0.39 is 0 Å². The van der Waals surface area contributed by atoms with Crippen LogP contribution in [0.4, 0.5) is 0 Å². The van der Waals surface area contributed by atoms with Crippen molar-refractivity contribution in [2.75, 3.05) is 13.1 Å². The van der Waals surface area contributed by atoms with E-state index in [0.29, 0.717) is 0 Å². The summed E-state index contributed by atoms with van der Waals surface area (Å²) >= 11 is 0. The molecule has 1 aliphatic heterocycles. The van der Waals surface area contributed by atoms with E-state index in [2.05, 4.69) is 53.5 Å². The number of nitrogens with one attached hydrogen (secondary N) is 2. The molecule has 2 N–H and O–H groups in total. The molecule has 0 amide bonds. The van der Waals surface area contributed by atoms with Crippen LogP contribution in [0.2, 0.25) is 0 Å². The Morgan fingerprint density at radius 3 is 2.77 bits per heavy atom. The van der Waals surface area contributed by atoms with Gasteiger partial charge in [0, 0.05) is 18.4 Å². The van der Waals surface area contributed by atoms with Crippen molar-refractivity contribution in [3.8, 4) is 0 Å². The fraction of sp³-hybridized carbons (Fsp3) is 0.526. The fourth-order valence-corrected chi connectivity index (χ4v) is 3.02. The fourth-order valence-electron chi connectivity index (χ4n) is 3.02. The monoisotopic (exact) mass is 299 g/mol. The second-order valence-electron chi connectivity index (χ2n) is 6.17. The van der Waals surface area contributed by atoms with Gasteiger partial charge >= 0.3 is 0 Å². The molecule has 120 valence electrons. The van der Waals surface area contributed by atoms with Gasteiger partial charge in [-0.15, -0.1) is 0 Å². The van der Waals surface area contributed by atoms with Crippen molar-refractivity contribution in [1.29, 1.82) is 0 Å². The number of nitrogens with zero attached hydrogens (tertiary/aromatic N) is 1. The summed E-state index contributed by atoms with van der Waals surface area (Å²) in [5.41, 5.74) is 3.93. The van der Waals surface area contributed by atoms with Crippen molar-refractivity contribution >= 4 is 6.72 Å². The van der Waals surface area contributed by atoms with Crippen molar-refractivity contribution < 1.29 is 0 Å². The van der Waals surface area contributed by atoms with Crippen LogP contribution >= 0.6 is 0 Å². The average molecular weight is 299 g/mol. The molecule has 2 rings (SSSR count). The molecule has 1 heterocycles. The first-order valence-corrected chi connectivity index (χ1v) is 8.49. The normalized spacial score (nSPS) is 19.0. The Morgan fingerprint density at radius 1 is 1.36 bits per heavy atom. The first-order valence-electron chi connectivity index (χ1n) is 8.49. The molecule has 1 fully saturated rings. The second kappa shape index (κ2) is 9.42. The summed E-state index contributed by atoms with van der Waals surface area (Å²) in [6, 6.07) is 9.04. The molecular formula is C19H29N3. The third kappa shape index (κ3) is 5.64. The zero-order valence-corrected chi connectivity index (χ0v) is 13.8. The smallest absolute Gasteiger partial charge is 0.0450 e. The topological polar surface area (TPSA) is 36.4 Å². The van der Waals surface area contributed by atoms with E-state index in [-0.39, 0.29) is 0 Å². The maximum absolute atomic E-state index is 3.87. The van der Waals surface area contributed by atoms with Crippen LogP contribution < -0.4 is 10.6 Å². The van der Waals surface area contributed by atoms with Crippen LogP contribution in [0.15, 0.2) is 41.2 Å². The van der Waals surface area contributed by atoms with E-state index in [9.17, 15) is 0 Å². The lowest BCUT2D eigenvalue weighted by molar-refractivity contribution is 0.376. The van der Waals surface area contributed by atoms with E-state index in [1.165, 1.54) is 43.5 Å². The van der Waals surface area contributed by atoms with Gasteiger partial charge in [-0.3, -0.25) is 4.99 Å². The minimum Gasteiger partial charge on any atom is -0.383 e. The van der Waals surface area contributed by atoms with Crippen LogP contribution in [0.5, 0.6) is 0 Å². The summed E-state index contributed by atoms with van der Waals surface area (Å²) < 4.78 is 0. The predicted molar refractivity (Wildman–Crippen MR) is 95.1 cm³/mol. The molecule has 1 unspecified atom stereocenters. The lowest BCUT2D eigenvalue weighted by Crippen LogP contribution is -2.30. The molecule has 0 radical (unpaired) electrons.